The molecule has 0 amide bonds. The van der Waals surface area contributed by atoms with Gasteiger partial charge in [-0.05, 0) is 64.4 Å². The molecule has 27 heavy (non-hydrogen) atoms. The van der Waals surface area contributed by atoms with Crippen LogP contribution in [0.1, 0.15) is 52.9 Å². The summed E-state index contributed by atoms with van der Waals surface area (Å²) in [4.78, 5) is 39.4. The van der Waals surface area contributed by atoms with E-state index in [-0.39, 0.29) is 11.5 Å². The fourth-order valence-electron chi connectivity index (χ4n) is 2.82. The summed E-state index contributed by atoms with van der Waals surface area (Å²) in [5.74, 6) is -1.43. The molecular formula is C20H22FNO5. The molecule has 1 aromatic carbocycles. The molecule has 0 aliphatic heterocycles. The van der Waals surface area contributed by atoms with Gasteiger partial charge < -0.3 is 14.5 Å². The Morgan fingerprint density at radius 2 is 1.63 bits per heavy atom. The number of Topliss-reactive ketones (excluding diaryl/α,β-unsaturated/α-hetero) is 2. The number of esters is 1. The van der Waals surface area contributed by atoms with Crippen LogP contribution >= 0.6 is 0 Å². The maximum absolute atomic E-state index is 12.9. The number of halogens is 1. The smallest absolute Gasteiger partial charge is 0.347 e. The van der Waals surface area contributed by atoms with Gasteiger partial charge in [-0.25, -0.2) is 9.18 Å². The maximum Gasteiger partial charge on any atom is 0.347 e. The van der Waals surface area contributed by atoms with Gasteiger partial charge in [0.1, 0.15) is 11.6 Å². The van der Waals surface area contributed by atoms with E-state index < -0.39 is 29.8 Å². The molecule has 0 fully saturated rings. The zero-order valence-electron chi connectivity index (χ0n) is 15.9. The Kier molecular flexibility index (Phi) is 6.15. The highest BCUT2D eigenvalue weighted by molar-refractivity contribution is 6.05. The third kappa shape index (κ3) is 4.61. The third-order valence-corrected chi connectivity index (χ3v) is 4.16. The van der Waals surface area contributed by atoms with Crippen molar-refractivity contribution in [2.24, 2.45) is 0 Å². The predicted molar refractivity (Wildman–Crippen MR) is 96.6 cm³/mol. The second kappa shape index (κ2) is 8.16. The first-order chi connectivity index (χ1) is 12.6. The Balaban J connectivity index is 2.05. The standard InChI is InChI=1S/C20H22FNO5/c1-10-17(12(3)23)11(2)22-18(10)19(24)13(4)27-20(25)14(5)26-16-8-6-15(21)7-9-16/h6-9,13-14,22H,1-5H3/t13-,14-/m1/s1. The zero-order chi connectivity index (χ0) is 20.3. The molecule has 144 valence electrons. The molecule has 1 aromatic heterocycles. The van der Waals surface area contributed by atoms with Gasteiger partial charge in [0.2, 0.25) is 5.78 Å². The van der Waals surface area contributed by atoms with Crippen LogP contribution in [0, 0.1) is 19.7 Å². The summed E-state index contributed by atoms with van der Waals surface area (Å²) < 4.78 is 23.5. The normalized spacial score (nSPS) is 13.0. The quantitative estimate of drug-likeness (QED) is 0.591. The number of rotatable bonds is 7. The first-order valence-electron chi connectivity index (χ1n) is 8.48. The molecule has 0 unspecified atom stereocenters. The molecule has 0 aliphatic carbocycles. The summed E-state index contributed by atoms with van der Waals surface area (Å²) in [6.07, 6.45) is -2.04. The van der Waals surface area contributed by atoms with Crippen molar-refractivity contribution in [3.05, 3.63) is 52.6 Å². The number of H-pyrrole nitrogens is 1. The van der Waals surface area contributed by atoms with Gasteiger partial charge in [-0.2, -0.15) is 0 Å². The van der Waals surface area contributed by atoms with Crippen molar-refractivity contribution >= 4 is 17.5 Å². The number of carbonyl (C=O) groups excluding carboxylic acids is 3. The Labute approximate surface area is 156 Å². The van der Waals surface area contributed by atoms with Crippen molar-refractivity contribution < 1.29 is 28.2 Å². The molecule has 0 spiro atoms. The van der Waals surface area contributed by atoms with E-state index in [4.69, 9.17) is 9.47 Å². The number of hydrogen-bond acceptors (Lipinski definition) is 5. The van der Waals surface area contributed by atoms with Crippen molar-refractivity contribution in [1.82, 2.24) is 4.98 Å². The van der Waals surface area contributed by atoms with E-state index in [1.54, 1.807) is 13.8 Å². The number of aromatic amines is 1. The zero-order valence-corrected chi connectivity index (χ0v) is 15.9. The van der Waals surface area contributed by atoms with Gasteiger partial charge in [-0.15, -0.1) is 0 Å². The Morgan fingerprint density at radius 3 is 2.15 bits per heavy atom. The lowest BCUT2D eigenvalue weighted by molar-refractivity contribution is -0.153. The SMILES string of the molecule is CC(=O)c1c(C)[nH]c(C(=O)[C@@H](C)OC(=O)[C@@H](C)Oc2ccc(F)cc2)c1C. The van der Waals surface area contributed by atoms with Crippen LogP contribution in [0.2, 0.25) is 0 Å². The molecule has 7 heteroatoms. The summed E-state index contributed by atoms with van der Waals surface area (Å²) in [7, 11) is 0. The van der Waals surface area contributed by atoms with Gasteiger partial charge >= 0.3 is 5.97 Å². The first-order valence-corrected chi connectivity index (χ1v) is 8.48. The van der Waals surface area contributed by atoms with Crippen molar-refractivity contribution in [2.75, 3.05) is 0 Å². The highest BCUT2D eigenvalue weighted by Crippen LogP contribution is 2.21. The van der Waals surface area contributed by atoms with Gasteiger partial charge in [0, 0.05) is 11.3 Å². The summed E-state index contributed by atoms with van der Waals surface area (Å²) in [5.41, 5.74) is 1.83. The second-order valence-electron chi connectivity index (χ2n) is 6.34. The van der Waals surface area contributed by atoms with Crippen LogP contribution in [-0.2, 0) is 9.53 Å². The Bertz CT molecular complexity index is 869. The third-order valence-electron chi connectivity index (χ3n) is 4.16. The van der Waals surface area contributed by atoms with Crippen LogP contribution in [0.5, 0.6) is 5.75 Å². The van der Waals surface area contributed by atoms with Crippen LogP contribution in [0.3, 0.4) is 0 Å². The average Bonchev–Trinajstić information content (AvgIpc) is 2.90. The molecule has 1 heterocycles. The summed E-state index contributed by atoms with van der Waals surface area (Å²) in [5, 5.41) is 0. The largest absolute Gasteiger partial charge is 0.479 e. The van der Waals surface area contributed by atoms with Gasteiger partial charge in [0.25, 0.3) is 0 Å². The summed E-state index contributed by atoms with van der Waals surface area (Å²) >= 11 is 0. The number of aromatic nitrogens is 1. The van der Waals surface area contributed by atoms with E-state index in [0.717, 1.165) is 0 Å². The Hall–Kier alpha value is -2.96. The fourth-order valence-corrected chi connectivity index (χ4v) is 2.82. The molecule has 0 saturated carbocycles. The van der Waals surface area contributed by atoms with Crippen LogP contribution in [0.15, 0.2) is 24.3 Å². The monoisotopic (exact) mass is 375 g/mol. The first kappa shape index (κ1) is 20.4. The van der Waals surface area contributed by atoms with E-state index in [1.807, 2.05) is 0 Å². The lowest BCUT2D eigenvalue weighted by Crippen LogP contribution is -2.33. The topological polar surface area (TPSA) is 85.5 Å². The minimum Gasteiger partial charge on any atom is -0.479 e. The molecular weight excluding hydrogens is 353 g/mol. The van der Waals surface area contributed by atoms with E-state index in [9.17, 15) is 18.8 Å². The van der Waals surface area contributed by atoms with Crippen LogP contribution in [-0.4, -0.2) is 34.7 Å². The Morgan fingerprint density at radius 1 is 1.04 bits per heavy atom. The maximum atomic E-state index is 12.9. The minimum absolute atomic E-state index is 0.147. The second-order valence-corrected chi connectivity index (χ2v) is 6.34. The molecule has 0 radical (unpaired) electrons. The molecule has 2 atom stereocenters. The van der Waals surface area contributed by atoms with E-state index >= 15 is 0 Å². The molecule has 2 rings (SSSR count). The van der Waals surface area contributed by atoms with Crippen LogP contribution in [0.4, 0.5) is 4.39 Å². The van der Waals surface area contributed by atoms with Gasteiger partial charge in [-0.3, -0.25) is 9.59 Å². The van der Waals surface area contributed by atoms with Gasteiger partial charge in [0.05, 0.1) is 5.69 Å². The van der Waals surface area contributed by atoms with Crippen molar-refractivity contribution in [3.63, 3.8) is 0 Å². The number of ether oxygens (including phenoxy) is 2. The average molecular weight is 375 g/mol. The van der Waals surface area contributed by atoms with Gasteiger partial charge in [-0.1, -0.05) is 0 Å². The van der Waals surface area contributed by atoms with Crippen molar-refractivity contribution in [3.8, 4) is 5.75 Å². The highest BCUT2D eigenvalue weighted by atomic mass is 19.1. The van der Waals surface area contributed by atoms with Crippen molar-refractivity contribution in [1.29, 1.82) is 0 Å². The van der Waals surface area contributed by atoms with Crippen molar-refractivity contribution in [2.45, 2.75) is 46.8 Å². The van der Waals surface area contributed by atoms with Gasteiger partial charge in [0.15, 0.2) is 18.0 Å². The van der Waals surface area contributed by atoms with Crippen LogP contribution < -0.4 is 4.74 Å². The van der Waals surface area contributed by atoms with E-state index in [0.29, 0.717) is 22.6 Å². The van der Waals surface area contributed by atoms with E-state index in [1.165, 1.54) is 45.0 Å². The molecule has 1 N–H and O–H groups in total. The molecule has 0 bridgehead atoms. The number of carbonyl (C=O) groups is 3. The number of hydrogen-bond donors (Lipinski definition) is 1. The fraction of sp³-hybridized carbons (Fsp3) is 0.350. The summed E-state index contributed by atoms with van der Waals surface area (Å²) in [6.45, 7) is 7.72. The molecule has 0 aliphatic rings. The van der Waals surface area contributed by atoms with Crippen LogP contribution in [0.25, 0.3) is 0 Å². The highest BCUT2D eigenvalue weighted by Gasteiger charge is 2.28. The summed E-state index contributed by atoms with van der Waals surface area (Å²) in [6, 6.07) is 5.20. The predicted octanol–water partition coefficient (Wildman–Crippen LogP) is 3.56. The molecule has 0 saturated heterocycles. The minimum atomic E-state index is -1.06. The molecule has 6 nitrogen and oxygen atoms in total. The lowest BCUT2D eigenvalue weighted by Gasteiger charge is -2.17. The molecule has 2 aromatic rings. The number of nitrogens with one attached hydrogen (secondary N) is 1. The number of ketones is 2. The van der Waals surface area contributed by atoms with E-state index in [2.05, 4.69) is 4.98 Å². The number of benzene rings is 1. The number of aryl methyl sites for hydroxylation is 1. The lowest BCUT2D eigenvalue weighted by atomic mass is 10.0.